The fourth-order valence-electron chi connectivity index (χ4n) is 2.29. The number of halogens is 1. The van der Waals surface area contributed by atoms with E-state index in [-0.39, 0.29) is 12.6 Å². The zero-order valence-corrected chi connectivity index (χ0v) is 14.1. The van der Waals surface area contributed by atoms with Gasteiger partial charge in [-0.05, 0) is 47.5 Å². The molecule has 1 heterocycles. The SMILES string of the molecule is CCOC(=O)C1=C(C)NC(=O)NC1c1ccc(OC)c(Br)c1. The van der Waals surface area contributed by atoms with Crippen LogP contribution in [0.1, 0.15) is 25.5 Å². The van der Waals surface area contributed by atoms with E-state index in [9.17, 15) is 9.59 Å². The zero-order chi connectivity index (χ0) is 16.3. The van der Waals surface area contributed by atoms with Gasteiger partial charge in [0.05, 0.1) is 29.8 Å². The molecule has 1 aliphatic heterocycles. The third kappa shape index (κ3) is 3.24. The monoisotopic (exact) mass is 368 g/mol. The number of amides is 2. The molecule has 7 heteroatoms. The first-order valence-corrected chi connectivity index (χ1v) is 7.56. The van der Waals surface area contributed by atoms with E-state index in [4.69, 9.17) is 9.47 Å². The van der Waals surface area contributed by atoms with Gasteiger partial charge >= 0.3 is 12.0 Å². The number of ether oxygens (including phenoxy) is 2. The first kappa shape index (κ1) is 16.4. The Kier molecular flexibility index (Phi) is 5.07. The van der Waals surface area contributed by atoms with Gasteiger partial charge in [-0.3, -0.25) is 0 Å². The highest BCUT2D eigenvalue weighted by Gasteiger charge is 2.32. The molecule has 0 spiro atoms. The van der Waals surface area contributed by atoms with E-state index in [1.807, 2.05) is 6.07 Å². The van der Waals surface area contributed by atoms with Crippen LogP contribution in [0.4, 0.5) is 4.79 Å². The molecule has 0 bridgehead atoms. The Balaban J connectivity index is 2.45. The summed E-state index contributed by atoms with van der Waals surface area (Å²) in [6, 6.07) is 4.44. The molecule has 1 aromatic carbocycles. The quantitative estimate of drug-likeness (QED) is 0.800. The molecule has 22 heavy (non-hydrogen) atoms. The molecule has 118 valence electrons. The van der Waals surface area contributed by atoms with Crippen LogP contribution in [-0.2, 0) is 9.53 Å². The smallest absolute Gasteiger partial charge is 0.338 e. The Morgan fingerprint density at radius 2 is 2.14 bits per heavy atom. The summed E-state index contributed by atoms with van der Waals surface area (Å²) in [5.41, 5.74) is 1.63. The minimum atomic E-state index is -0.574. The van der Waals surface area contributed by atoms with Gasteiger partial charge in [0, 0.05) is 5.70 Å². The number of hydrogen-bond acceptors (Lipinski definition) is 4. The highest BCUT2D eigenvalue weighted by molar-refractivity contribution is 9.10. The number of rotatable bonds is 4. The fraction of sp³-hybridized carbons (Fsp3) is 0.333. The molecule has 2 N–H and O–H groups in total. The van der Waals surface area contributed by atoms with Crippen LogP contribution in [0.2, 0.25) is 0 Å². The summed E-state index contributed by atoms with van der Waals surface area (Å²) in [5.74, 6) is 0.215. The van der Waals surface area contributed by atoms with Crippen LogP contribution in [0.15, 0.2) is 33.9 Å². The molecule has 0 aromatic heterocycles. The lowest BCUT2D eigenvalue weighted by Gasteiger charge is -2.28. The maximum absolute atomic E-state index is 12.2. The lowest BCUT2D eigenvalue weighted by molar-refractivity contribution is -0.139. The first-order chi connectivity index (χ1) is 10.5. The largest absolute Gasteiger partial charge is 0.496 e. The molecule has 1 unspecified atom stereocenters. The van der Waals surface area contributed by atoms with Crippen molar-refractivity contribution < 1.29 is 19.1 Å². The molecule has 6 nitrogen and oxygen atoms in total. The first-order valence-electron chi connectivity index (χ1n) is 6.76. The van der Waals surface area contributed by atoms with Crippen molar-refractivity contribution in [1.29, 1.82) is 0 Å². The lowest BCUT2D eigenvalue weighted by atomic mass is 9.95. The third-order valence-corrected chi connectivity index (χ3v) is 3.89. The zero-order valence-electron chi connectivity index (χ0n) is 12.5. The van der Waals surface area contributed by atoms with Crippen molar-refractivity contribution in [1.82, 2.24) is 10.6 Å². The molecule has 0 saturated carbocycles. The number of nitrogens with one attached hydrogen (secondary N) is 2. The van der Waals surface area contributed by atoms with Gasteiger partial charge in [0.15, 0.2) is 0 Å². The Labute approximate surface area is 137 Å². The van der Waals surface area contributed by atoms with Gasteiger partial charge in [-0.15, -0.1) is 0 Å². The molecule has 1 aliphatic rings. The van der Waals surface area contributed by atoms with Gasteiger partial charge in [0.2, 0.25) is 0 Å². The van der Waals surface area contributed by atoms with E-state index in [1.165, 1.54) is 0 Å². The summed E-state index contributed by atoms with van der Waals surface area (Å²) < 4.78 is 11.0. The van der Waals surface area contributed by atoms with E-state index in [0.29, 0.717) is 17.0 Å². The van der Waals surface area contributed by atoms with Gasteiger partial charge in [0.1, 0.15) is 5.75 Å². The Morgan fingerprint density at radius 3 is 2.73 bits per heavy atom. The van der Waals surface area contributed by atoms with Crippen LogP contribution < -0.4 is 15.4 Å². The molecule has 0 saturated heterocycles. The Bertz CT molecular complexity index is 642. The molecule has 1 aromatic rings. The maximum Gasteiger partial charge on any atom is 0.338 e. The van der Waals surface area contributed by atoms with Crippen molar-refractivity contribution in [2.45, 2.75) is 19.9 Å². The van der Waals surface area contributed by atoms with Crippen LogP contribution >= 0.6 is 15.9 Å². The molecule has 2 rings (SSSR count). The van der Waals surface area contributed by atoms with Gasteiger partial charge in [-0.1, -0.05) is 6.07 Å². The number of benzene rings is 1. The standard InChI is InChI=1S/C15H17BrN2O4/c1-4-22-14(19)12-8(2)17-15(20)18-13(12)9-5-6-11(21-3)10(16)7-9/h5-7,13H,4H2,1-3H3,(H2,17,18,20). The number of allylic oxidation sites excluding steroid dienone is 1. The number of esters is 1. The molecular weight excluding hydrogens is 352 g/mol. The molecule has 0 fully saturated rings. The summed E-state index contributed by atoms with van der Waals surface area (Å²) in [7, 11) is 1.57. The number of carbonyl (C=O) groups is 2. The van der Waals surface area contributed by atoms with Crippen molar-refractivity contribution >= 4 is 27.9 Å². The Hall–Kier alpha value is -2.02. The fourth-order valence-corrected chi connectivity index (χ4v) is 2.84. The van der Waals surface area contributed by atoms with Crippen LogP contribution in [0.5, 0.6) is 5.75 Å². The predicted octanol–water partition coefficient (Wildman–Crippen LogP) is 2.65. The molecule has 1 atom stereocenters. The highest BCUT2D eigenvalue weighted by Crippen LogP contribution is 2.33. The second kappa shape index (κ2) is 6.83. The topological polar surface area (TPSA) is 76.7 Å². The third-order valence-electron chi connectivity index (χ3n) is 3.27. The van der Waals surface area contributed by atoms with Crippen molar-refractivity contribution in [3.8, 4) is 5.75 Å². The van der Waals surface area contributed by atoms with Gasteiger partial charge < -0.3 is 20.1 Å². The summed E-state index contributed by atoms with van der Waals surface area (Å²) >= 11 is 3.41. The number of hydrogen-bond donors (Lipinski definition) is 2. The van der Waals surface area contributed by atoms with E-state index in [0.717, 1.165) is 10.0 Å². The summed E-state index contributed by atoms with van der Waals surface area (Å²) in [6.45, 7) is 3.68. The molecule has 0 aliphatic carbocycles. The minimum Gasteiger partial charge on any atom is -0.496 e. The predicted molar refractivity (Wildman–Crippen MR) is 84.4 cm³/mol. The van der Waals surface area contributed by atoms with Crippen molar-refractivity contribution in [3.63, 3.8) is 0 Å². The van der Waals surface area contributed by atoms with Crippen LogP contribution in [0, 0.1) is 0 Å². The second-order valence-electron chi connectivity index (χ2n) is 4.68. The normalized spacial score (nSPS) is 17.6. The van der Waals surface area contributed by atoms with Crippen molar-refractivity contribution in [2.75, 3.05) is 13.7 Å². The number of carbonyl (C=O) groups excluding carboxylic acids is 2. The average molecular weight is 369 g/mol. The summed E-state index contributed by atoms with van der Waals surface area (Å²) in [5, 5.41) is 5.34. The number of methoxy groups -OCH3 is 1. The van der Waals surface area contributed by atoms with Crippen molar-refractivity contribution in [2.24, 2.45) is 0 Å². The summed E-state index contributed by atoms with van der Waals surface area (Å²) in [4.78, 5) is 23.9. The maximum atomic E-state index is 12.2. The summed E-state index contributed by atoms with van der Waals surface area (Å²) in [6.07, 6.45) is 0. The van der Waals surface area contributed by atoms with Crippen LogP contribution in [0.3, 0.4) is 0 Å². The number of urea groups is 1. The average Bonchev–Trinajstić information content (AvgIpc) is 2.46. The molecular formula is C15H17BrN2O4. The minimum absolute atomic E-state index is 0.266. The van der Waals surface area contributed by atoms with E-state index < -0.39 is 12.0 Å². The van der Waals surface area contributed by atoms with E-state index in [2.05, 4.69) is 26.6 Å². The second-order valence-corrected chi connectivity index (χ2v) is 5.54. The van der Waals surface area contributed by atoms with Gasteiger partial charge in [-0.2, -0.15) is 0 Å². The van der Waals surface area contributed by atoms with E-state index in [1.54, 1.807) is 33.1 Å². The highest BCUT2D eigenvalue weighted by atomic mass is 79.9. The molecule has 0 radical (unpaired) electrons. The van der Waals surface area contributed by atoms with Crippen molar-refractivity contribution in [3.05, 3.63) is 39.5 Å². The molecule has 2 amide bonds. The van der Waals surface area contributed by atoms with Crippen LogP contribution in [-0.4, -0.2) is 25.7 Å². The lowest BCUT2D eigenvalue weighted by Crippen LogP contribution is -2.45. The Morgan fingerprint density at radius 1 is 1.41 bits per heavy atom. The van der Waals surface area contributed by atoms with Gasteiger partial charge in [0.25, 0.3) is 0 Å². The van der Waals surface area contributed by atoms with E-state index >= 15 is 0 Å². The van der Waals surface area contributed by atoms with Gasteiger partial charge in [-0.25, -0.2) is 9.59 Å². The van der Waals surface area contributed by atoms with Crippen LogP contribution in [0.25, 0.3) is 0 Å².